The second-order valence-corrected chi connectivity index (χ2v) is 4.83. The zero-order valence-electron chi connectivity index (χ0n) is 10.4. The van der Waals surface area contributed by atoms with Crippen molar-refractivity contribution in [2.75, 3.05) is 13.1 Å². The second-order valence-electron chi connectivity index (χ2n) is 4.83. The Kier molecular flexibility index (Phi) is 3.29. The molecule has 0 saturated carbocycles. The van der Waals surface area contributed by atoms with Crippen molar-refractivity contribution >= 4 is 0 Å². The number of hydrogen-bond donors (Lipinski definition) is 1. The molecule has 1 aromatic carbocycles. The first-order valence-electron chi connectivity index (χ1n) is 6.44. The molecule has 1 aliphatic heterocycles. The number of halogens is 2. The molecule has 1 aromatic heterocycles. The van der Waals surface area contributed by atoms with Gasteiger partial charge in [0.25, 0.3) is 0 Å². The van der Waals surface area contributed by atoms with Crippen LogP contribution in [0, 0.1) is 11.6 Å². The van der Waals surface area contributed by atoms with Crippen molar-refractivity contribution in [3.8, 4) is 11.1 Å². The molecule has 19 heavy (non-hydrogen) atoms. The minimum atomic E-state index is -0.565. The van der Waals surface area contributed by atoms with Gasteiger partial charge in [0.05, 0.1) is 12.2 Å². The molecule has 0 amide bonds. The van der Waals surface area contributed by atoms with Gasteiger partial charge >= 0.3 is 0 Å². The van der Waals surface area contributed by atoms with E-state index in [4.69, 9.17) is 0 Å². The molecule has 0 radical (unpaired) electrons. The fourth-order valence-corrected chi connectivity index (χ4v) is 2.46. The predicted molar refractivity (Wildman–Crippen MR) is 68.7 cm³/mol. The average molecular weight is 263 g/mol. The molecule has 2 aromatic rings. The van der Waals surface area contributed by atoms with Crippen LogP contribution in [0.25, 0.3) is 11.1 Å². The van der Waals surface area contributed by atoms with Crippen LogP contribution in [0.15, 0.2) is 30.6 Å². The first kappa shape index (κ1) is 12.3. The Labute approximate surface area is 110 Å². The maximum atomic E-state index is 13.7. The molecule has 1 unspecified atom stereocenters. The molecule has 0 bridgehead atoms. The summed E-state index contributed by atoms with van der Waals surface area (Å²) < 4.78 is 28.5. The lowest BCUT2D eigenvalue weighted by molar-refractivity contribution is 0.347. The van der Waals surface area contributed by atoms with E-state index in [0.29, 0.717) is 17.2 Å². The highest BCUT2D eigenvalue weighted by Crippen LogP contribution is 2.25. The van der Waals surface area contributed by atoms with Crippen molar-refractivity contribution in [1.29, 1.82) is 0 Å². The van der Waals surface area contributed by atoms with Gasteiger partial charge in [0.15, 0.2) is 0 Å². The van der Waals surface area contributed by atoms with Gasteiger partial charge in [-0.25, -0.2) is 8.78 Å². The fraction of sp³-hybridized carbons (Fsp3) is 0.357. The van der Waals surface area contributed by atoms with Crippen molar-refractivity contribution in [1.82, 2.24) is 15.1 Å². The van der Waals surface area contributed by atoms with Crippen LogP contribution in [-0.4, -0.2) is 22.9 Å². The molecule has 0 aliphatic carbocycles. The second kappa shape index (κ2) is 5.09. The quantitative estimate of drug-likeness (QED) is 0.903. The van der Waals surface area contributed by atoms with Gasteiger partial charge in [-0.2, -0.15) is 5.10 Å². The Bertz CT molecular complexity index is 574. The van der Waals surface area contributed by atoms with E-state index in [2.05, 4.69) is 10.4 Å². The minimum absolute atomic E-state index is 0.311. The number of nitrogens with zero attached hydrogens (tertiary/aromatic N) is 2. The van der Waals surface area contributed by atoms with Crippen LogP contribution in [0.2, 0.25) is 0 Å². The van der Waals surface area contributed by atoms with E-state index < -0.39 is 11.6 Å². The molecule has 3 rings (SSSR count). The van der Waals surface area contributed by atoms with E-state index >= 15 is 0 Å². The summed E-state index contributed by atoms with van der Waals surface area (Å²) in [6.45, 7) is 1.92. The molecule has 5 heteroatoms. The third-order valence-corrected chi connectivity index (χ3v) is 3.49. The monoisotopic (exact) mass is 263 g/mol. The summed E-state index contributed by atoms with van der Waals surface area (Å²) in [7, 11) is 0. The van der Waals surface area contributed by atoms with Crippen LogP contribution >= 0.6 is 0 Å². The van der Waals surface area contributed by atoms with E-state index in [-0.39, 0.29) is 0 Å². The number of nitrogens with one attached hydrogen (secondary N) is 1. The third-order valence-electron chi connectivity index (χ3n) is 3.49. The van der Waals surface area contributed by atoms with Crippen LogP contribution in [0.1, 0.15) is 18.9 Å². The fourth-order valence-electron chi connectivity index (χ4n) is 2.46. The predicted octanol–water partition coefficient (Wildman–Crippen LogP) is 2.75. The molecular formula is C14H15F2N3. The van der Waals surface area contributed by atoms with E-state index in [9.17, 15) is 8.78 Å². The smallest absolute Gasteiger partial charge is 0.134 e. The maximum absolute atomic E-state index is 13.7. The molecule has 1 N–H and O–H groups in total. The topological polar surface area (TPSA) is 29.9 Å². The Morgan fingerprint density at radius 2 is 2.21 bits per heavy atom. The molecule has 100 valence electrons. The number of hydrogen-bond acceptors (Lipinski definition) is 2. The van der Waals surface area contributed by atoms with Gasteiger partial charge in [-0.15, -0.1) is 0 Å². The zero-order chi connectivity index (χ0) is 13.2. The Morgan fingerprint density at radius 3 is 2.95 bits per heavy atom. The summed E-state index contributed by atoms with van der Waals surface area (Å²) >= 11 is 0. The zero-order valence-corrected chi connectivity index (χ0v) is 10.4. The summed E-state index contributed by atoms with van der Waals surface area (Å²) in [6, 6.07) is 3.92. The Balaban J connectivity index is 1.87. The minimum Gasteiger partial charge on any atom is -0.315 e. The van der Waals surface area contributed by atoms with Crippen molar-refractivity contribution < 1.29 is 8.78 Å². The lowest BCUT2D eigenvalue weighted by Gasteiger charge is -2.22. The van der Waals surface area contributed by atoms with E-state index in [1.807, 2.05) is 10.9 Å². The highest BCUT2D eigenvalue weighted by atomic mass is 19.1. The van der Waals surface area contributed by atoms with Gasteiger partial charge in [-0.3, -0.25) is 4.68 Å². The Morgan fingerprint density at radius 1 is 1.32 bits per heavy atom. The molecule has 1 fully saturated rings. The normalized spacial score (nSPS) is 19.6. The average Bonchev–Trinajstić information content (AvgIpc) is 2.89. The first-order chi connectivity index (χ1) is 9.24. The maximum Gasteiger partial charge on any atom is 0.134 e. The molecule has 1 saturated heterocycles. The van der Waals surface area contributed by atoms with Gasteiger partial charge in [0.2, 0.25) is 0 Å². The van der Waals surface area contributed by atoms with Gasteiger partial charge < -0.3 is 5.32 Å². The van der Waals surface area contributed by atoms with Crippen LogP contribution in [0.3, 0.4) is 0 Å². The van der Waals surface area contributed by atoms with Crippen molar-refractivity contribution in [2.45, 2.75) is 18.9 Å². The van der Waals surface area contributed by atoms with Gasteiger partial charge in [0, 0.05) is 29.9 Å². The van der Waals surface area contributed by atoms with Gasteiger partial charge in [0.1, 0.15) is 11.6 Å². The molecule has 3 nitrogen and oxygen atoms in total. The van der Waals surface area contributed by atoms with Crippen LogP contribution in [0.5, 0.6) is 0 Å². The lowest BCUT2D eigenvalue weighted by Crippen LogP contribution is -2.31. The Hall–Kier alpha value is -1.75. The van der Waals surface area contributed by atoms with E-state index in [1.54, 1.807) is 6.20 Å². The third kappa shape index (κ3) is 2.51. The number of benzene rings is 1. The van der Waals surface area contributed by atoms with Crippen molar-refractivity contribution in [3.05, 3.63) is 42.2 Å². The largest absolute Gasteiger partial charge is 0.315 e. The molecule has 2 heterocycles. The first-order valence-corrected chi connectivity index (χ1v) is 6.44. The van der Waals surface area contributed by atoms with Crippen LogP contribution in [-0.2, 0) is 0 Å². The summed E-state index contributed by atoms with van der Waals surface area (Å²) in [4.78, 5) is 0. The number of aromatic nitrogens is 2. The van der Waals surface area contributed by atoms with Crippen molar-refractivity contribution in [3.63, 3.8) is 0 Å². The van der Waals surface area contributed by atoms with Crippen LogP contribution in [0.4, 0.5) is 8.78 Å². The number of piperidine rings is 1. The summed E-state index contributed by atoms with van der Waals surface area (Å²) in [5.41, 5.74) is 1.07. The summed E-state index contributed by atoms with van der Waals surface area (Å²) in [5.74, 6) is -1.12. The standard InChI is InChI=1S/C14H15F2N3/c15-11-3-4-13(14(16)6-11)10-7-18-19(9-10)12-2-1-5-17-8-12/h3-4,6-7,9,12,17H,1-2,5,8H2. The highest BCUT2D eigenvalue weighted by Gasteiger charge is 2.16. The summed E-state index contributed by atoms with van der Waals surface area (Å²) in [6.07, 6.45) is 5.64. The highest BCUT2D eigenvalue weighted by molar-refractivity contribution is 5.62. The van der Waals surface area contributed by atoms with Gasteiger partial charge in [-0.1, -0.05) is 0 Å². The van der Waals surface area contributed by atoms with Gasteiger partial charge in [-0.05, 0) is 31.5 Å². The molecule has 0 spiro atoms. The van der Waals surface area contributed by atoms with Crippen molar-refractivity contribution in [2.24, 2.45) is 0 Å². The lowest BCUT2D eigenvalue weighted by atomic mass is 10.1. The SMILES string of the molecule is Fc1ccc(-c2cnn(C3CCCNC3)c2)c(F)c1. The molecular weight excluding hydrogens is 248 g/mol. The molecule has 1 aliphatic rings. The van der Waals surface area contributed by atoms with E-state index in [1.165, 1.54) is 12.1 Å². The number of rotatable bonds is 2. The summed E-state index contributed by atoms with van der Waals surface area (Å²) in [5, 5.41) is 7.61. The molecule has 1 atom stereocenters. The van der Waals surface area contributed by atoms with Crippen LogP contribution < -0.4 is 5.32 Å². The van der Waals surface area contributed by atoms with E-state index in [0.717, 1.165) is 32.0 Å².